The number of carbonyl (C=O) groups is 1. The van der Waals surface area contributed by atoms with Crippen LogP contribution < -0.4 is 4.57 Å². The summed E-state index contributed by atoms with van der Waals surface area (Å²) in [5.41, 5.74) is 0.656. The Hall–Kier alpha value is -0.710. The van der Waals surface area contributed by atoms with Crippen molar-refractivity contribution in [1.29, 1.82) is 0 Å². The lowest BCUT2D eigenvalue weighted by molar-refractivity contribution is -0.684. The standard InChI is InChI=1S/C13H9Br2ClNO/c14-10-5-11(15)7-17(6-10)8-13(18)9-1-3-12(16)4-2-9/h1-7H,8H2/q+1. The van der Waals surface area contributed by atoms with E-state index in [9.17, 15) is 4.79 Å². The van der Waals surface area contributed by atoms with Gasteiger partial charge in [-0.1, -0.05) is 11.6 Å². The molecule has 1 aromatic heterocycles. The van der Waals surface area contributed by atoms with Crippen molar-refractivity contribution >= 4 is 49.2 Å². The van der Waals surface area contributed by atoms with Gasteiger partial charge in [-0.15, -0.1) is 0 Å². The summed E-state index contributed by atoms with van der Waals surface area (Å²) in [6, 6.07) is 8.83. The maximum Gasteiger partial charge on any atom is 0.227 e. The molecule has 0 N–H and O–H groups in total. The molecule has 0 fully saturated rings. The van der Waals surface area contributed by atoms with E-state index in [2.05, 4.69) is 31.9 Å². The molecule has 0 unspecified atom stereocenters. The fourth-order valence-corrected chi connectivity index (χ4v) is 3.00. The Balaban J connectivity index is 2.18. The quantitative estimate of drug-likeness (QED) is 0.573. The minimum absolute atomic E-state index is 0.0432. The molecular weight excluding hydrogens is 381 g/mol. The van der Waals surface area contributed by atoms with Crippen molar-refractivity contribution in [1.82, 2.24) is 0 Å². The van der Waals surface area contributed by atoms with Crippen molar-refractivity contribution in [2.45, 2.75) is 6.54 Å². The van der Waals surface area contributed by atoms with Crippen molar-refractivity contribution < 1.29 is 9.36 Å². The molecule has 92 valence electrons. The fourth-order valence-electron chi connectivity index (χ4n) is 1.54. The topological polar surface area (TPSA) is 20.9 Å². The van der Waals surface area contributed by atoms with Crippen LogP contribution in [0, 0.1) is 0 Å². The van der Waals surface area contributed by atoms with Crippen molar-refractivity contribution in [2.24, 2.45) is 0 Å². The van der Waals surface area contributed by atoms with E-state index in [1.165, 1.54) is 0 Å². The molecule has 0 saturated heterocycles. The highest BCUT2D eigenvalue weighted by molar-refractivity contribution is 9.11. The second-order valence-corrected chi connectivity index (χ2v) is 6.04. The lowest BCUT2D eigenvalue weighted by atomic mass is 10.1. The number of nitrogens with zero attached hydrogens (tertiary/aromatic N) is 1. The molecule has 0 saturated carbocycles. The predicted molar refractivity (Wildman–Crippen MR) is 77.8 cm³/mol. The Bertz CT molecular complexity index is 564. The van der Waals surface area contributed by atoms with Crippen molar-refractivity contribution in [2.75, 3.05) is 0 Å². The summed E-state index contributed by atoms with van der Waals surface area (Å²) in [5.74, 6) is 0.0432. The molecule has 2 aromatic rings. The summed E-state index contributed by atoms with van der Waals surface area (Å²) in [6.45, 7) is 0.291. The van der Waals surface area contributed by atoms with E-state index in [0.29, 0.717) is 17.1 Å². The molecule has 1 heterocycles. The van der Waals surface area contributed by atoms with Gasteiger partial charge in [0.1, 0.15) is 0 Å². The van der Waals surface area contributed by atoms with Gasteiger partial charge in [-0.3, -0.25) is 4.79 Å². The molecule has 0 radical (unpaired) electrons. The van der Waals surface area contributed by atoms with Gasteiger partial charge in [-0.25, -0.2) is 0 Å². The molecule has 0 aliphatic carbocycles. The number of ketones is 1. The van der Waals surface area contributed by atoms with Gasteiger partial charge < -0.3 is 0 Å². The van der Waals surface area contributed by atoms with E-state index in [1.807, 2.05) is 23.0 Å². The van der Waals surface area contributed by atoms with Gasteiger partial charge in [-0.2, -0.15) is 4.57 Å². The summed E-state index contributed by atoms with van der Waals surface area (Å²) in [7, 11) is 0. The molecule has 0 amide bonds. The van der Waals surface area contributed by atoms with Gasteiger partial charge in [-0.05, 0) is 62.2 Å². The van der Waals surface area contributed by atoms with Crippen molar-refractivity contribution in [3.05, 3.63) is 62.3 Å². The van der Waals surface area contributed by atoms with Crippen LogP contribution in [-0.4, -0.2) is 5.78 Å². The zero-order chi connectivity index (χ0) is 13.1. The highest BCUT2D eigenvalue weighted by atomic mass is 79.9. The van der Waals surface area contributed by atoms with Crippen LogP contribution in [0.15, 0.2) is 51.7 Å². The largest absolute Gasteiger partial charge is 0.287 e. The molecule has 18 heavy (non-hydrogen) atoms. The SMILES string of the molecule is O=C(C[n+]1cc(Br)cc(Br)c1)c1ccc(Cl)cc1. The Labute approximate surface area is 127 Å². The average molecular weight is 390 g/mol. The Kier molecular flexibility index (Phi) is 4.54. The van der Waals surface area contributed by atoms with Gasteiger partial charge in [0.15, 0.2) is 12.4 Å². The number of rotatable bonds is 3. The molecule has 0 bridgehead atoms. The summed E-state index contributed by atoms with van der Waals surface area (Å²) in [5, 5.41) is 0.629. The first-order valence-corrected chi connectivity index (χ1v) is 7.15. The highest BCUT2D eigenvalue weighted by Gasteiger charge is 2.13. The van der Waals surface area contributed by atoms with Crippen LogP contribution >= 0.6 is 43.5 Å². The maximum absolute atomic E-state index is 12.1. The van der Waals surface area contributed by atoms with E-state index in [-0.39, 0.29) is 5.78 Å². The van der Waals surface area contributed by atoms with E-state index in [1.54, 1.807) is 24.3 Å². The number of Topliss-reactive ketones (excluding diaryl/α,β-unsaturated/α-hetero) is 1. The third-order valence-electron chi connectivity index (χ3n) is 2.35. The lowest BCUT2D eigenvalue weighted by Gasteiger charge is -2.00. The van der Waals surface area contributed by atoms with Crippen molar-refractivity contribution in [3.8, 4) is 0 Å². The van der Waals surface area contributed by atoms with Gasteiger partial charge in [0.05, 0.1) is 8.95 Å². The van der Waals surface area contributed by atoms with E-state index < -0.39 is 0 Å². The molecule has 2 nitrogen and oxygen atoms in total. The summed E-state index contributed by atoms with van der Waals surface area (Å²) < 4.78 is 3.66. The van der Waals surface area contributed by atoms with Gasteiger partial charge in [0.25, 0.3) is 0 Å². The van der Waals surface area contributed by atoms with Crippen LogP contribution in [0.4, 0.5) is 0 Å². The van der Waals surface area contributed by atoms with Crippen LogP contribution in [0.3, 0.4) is 0 Å². The van der Waals surface area contributed by atoms with Gasteiger partial charge in [0.2, 0.25) is 12.3 Å². The number of hydrogen-bond acceptors (Lipinski definition) is 1. The lowest BCUT2D eigenvalue weighted by Crippen LogP contribution is -2.37. The average Bonchev–Trinajstić information content (AvgIpc) is 2.28. The molecule has 0 spiro atoms. The number of hydrogen-bond donors (Lipinski definition) is 0. The summed E-state index contributed by atoms with van der Waals surface area (Å²) in [4.78, 5) is 12.1. The number of carbonyl (C=O) groups excluding carboxylic acids is 1. The Morgan fingerprint density at radius 2 is 1.67 bits per heavy atom. The van der Waals surface area contributed by atoms with E-state index in [0.717, 1.165) is 8.95 Å². The summed E-state index contributed by atoms with van der Waals surface area (Å²) >= 11 is 12.6. The van der Waals surface area contributed by atoms with Gasteiger partial charge in [0, 0.05) is 10.6 Å². The molecule has 0 atom stereocenters. The summed E-state index contributed by atoms with van der Waals surface area (Å²) in [6.07, 6.45) is 3.72. The Morgan fingerprint density at radius 3 is 2.22 bits per heavy atom. The van der Waals surface area contributed by atoms with Crippen LogP contribution in [0.2, 0.25) is 5.02 Å². The first-order chi connectivity index (χ1) is 8.54. The number of halogens is 3. The zero-order valence-electron chi connectivity index (χ0n) is 9.24. The maximum atomic E-state index is 12.1. The van der Waals surface area contributed by atoms with E-state index in [4.69, 9.17) is 11.6 Å². The smallest absolute Gasteiger partial charge is 0.227 e. The second-order valence-electron chi connectivity index (χ2n) is 3.77. The number of pyridine rings is 1. The van der Waals surface area contributed by atoms with Crippen LogP contribution in [0.5, 0.6) is 0 Å². The first-order valence-electron chi connectivity index (χ1n) is 5.18. The highest BCUT2D eigenvalue weighted by Crippen LogP contribution is 2.14. The molecular formula is C13H9Br2ClNO+. The normalized spacial score (nSPS) is 10.4. The van der Waals surface area contributed by atoms with Crippen molar-refractivity contribution in [3.63, 3.8) is 0 Å². The first kappa shape index (κ1) is 13.7. The minimum atomic E-state index is 0.0432. The van der Waals surface area contributed by atoms with Crippen LogP contribution in [0.1, 0.15) is 10.4 Å². The molecule has 2 rings (SSSR count). The van der Waals surface area contributed by atoms with Crippen LogP contribution in [0.25, 0.3) is 0 Å². The minimum Gasteiger partial charge on any atom is -0.287 e. The Morgan fingerprint density at radius 1 is 1.11 bits per heavy atom. The monoisotopic (exact) mass is 388 g/mol. The third kappa shape index (κ3) is 3.64. The third-order valence-corrected chi connectivity index (χ3v) is 3.47. The number of aromatic nitrogens is 1. The second kappa shape index (κ2) is 5.95. The van der Waals surface area contributed by atoms with Gasteiger partial charge >= 0.3 is 0 Å². The predicted octanol–water partition coefficient (Wildman–Crippen LogP) is 4.04. The molecule has 0 aliphatic heterocycles. The molecule has 5 heteroatoms. The molecule has 1 aromatic carbocycles. The number of benzene rings is 1. The van der Waals surface area contributed by atoms with E-state index >= 15 is 0 Å². The fraction of sp³-hybridized carbons (Fsp3) is 0.0769. The molecule has 0 aliphatic rings. The van der Waals surface area contributed by atoms with Crippen LogP contribution in [-0.2, 0) is 6.54 Å². The zero-order valence-corrected chi connectivity index (χ0v) is 13.2.